The molecule has 2 aromatic rings. The summed E-state index contributed by atoms with van der Waals surface area (Å²) in [6.07, 6.45) is 2.66. The Morgan fingerprint density at radius 2 is 1.96 bits per heavy atom. The second-order valence-electron chi connectivity index (χ2n) is 5.10. The van der Waals surface area contributed by atoms with Gasteiger partial charge in [0.25, 0.3) is 11.8 Å². The van der Waals surface area contributed by atoms with E-state index in [9.17, 15) is 14.4 Å². The summed E-state index contributed by atoms with van der Waals surface area (Å²) in [6, 6.07) is 6.71. The number of rotatable bonds is 8. The lowest BCUT2D eigenvalue weighted by Gasteiger charge is -2.09. The van der Waals surface area contributed by atoms with Crippen LogP contribution in [0.4, 0.5) is 5.00 Å². The van der Waals surface area contributed by atoms with Crippen LogP contribution >= 0.6 is 11.3 Å². The minimum Gasteiger partial charge on any atom is -0.493 e. The van der Waals surface area contributed by atoms with Gasteiger partial charge in [-0.25, -0.2) is 4.79 Å². The maximum atomic E-state index is 11.9. The number of methoxy groups -OCH3 is 2. The van der Waals surface area contributed by atoms with Gasteiger partial charge in [-0.3, -0.25) is 9.59 Å². The van der Waals surface area contributed by atoms with Crippen molar-refractivity contribution >= 4 is 40.2 Å². The predicted molar refractivity (Wildman–Crippen MR) is 101 cm³/mol. The van der Waals surface area contributed by atoms with Crippen LogP contribution in [0.25, 0.3) is 6.08 Å². The number of para-hydroxylation sites is 1. The van der Waals surface area contributed by atoms with E-state index in [2.05, 4.69) is 5.32 Å². The molecule has 9 heteroatoms. The number of benzene rings is 1. The Labute approximate surface area is 159 Å². The molecule has 0 aliphatic rings. The number of thiophene rings is 1. The summed E-state index contributed by atoms with van der Waals surface area (Å²) in [5.41, 5.74) is 6.01. The molecule has 0 spiro atoms. The molecule has 0 aliphatic carbocycles. The number of hydrogen-bond donors (Lipinski definition) is 2. The van der Waals surface area contributed by atoms with Crippen molar-refractivity contribution in [1.82, 2.24) is 0 Å². The van der Waals surface area contributed by atoms with Crippen molar-refractivity contribution in [1.29, 1.82) is 0 Å². The zero-order valence-corrected chi connectivity index (χ0v) is 15.5. The van der Waals surface area contributed by atoms with Crippen LogP contribution < -0.4 is 20.5 Å². The molecular weight excluding hydrogens is 372 g/mol. The topological polar surface area (TPSA) is 117 Å². The van der Waals surface area contributed by atoms with Gasteiger partial charge in [0, 0.05) is 11.6 Å². The fraction of sp³-hybridized carbons (Fsp3) is 0.167. The molecule has 0 fully saturated rings. The predicted octanol–water partition coefficient (Wildman–Crippen LogP) is 2.06. The van der Waals surface area contributed by atoms with Crippen molar-refractivity contribution in [2.45, 2.75) is 0 Å². The first kappa shape index (κ1) is 20.0. The molecule has 0 atom stereocenters. The van der Waals surface area contributed by atoms with Gasteiger partial charge in [0.15, 0.2) is 18.1 Å². The Morgan fingerprint density at radius 3 is 2.63 bits per heavy atom. The largest absolute Gasteiger partial charge is 0.493 e. The van der Waals surface area contributed by atoms with Gasteiger partial charge in [-0.2, -0.15) is 0 Å². The summed E-state index contributed by atoms with van der Waals surface area (Å²) >= 11 is 1.14. The van der Waals surface area contributed by atoms with Crippen molar-refractivity contribution in [2.24, 2.45) is 5.73 Å². The molecule has 1 aromatic carbocycles. The second-order valence-corrected chi connectivity index (χ2v) is 6.02. The van der Waals surface area contributed by atoms with Crippen LogP contribution in [-0.2, 0) is 14.3 Å². The number of nitrogens with one attached hydrogen (secondary N) is 1. The molecule has 2 rings (SSSR count). The summed E-state index contributed by atoms with van der Waals surface area (Å²) in [5.74, 6) is -0.956. The van der Waals surface area contributed by atoms with Gasteiger partial charge in [-0.05, 0) is 23.6 Å². The molecule has 3 N–H and O–H groups in total. The van der Waals surface area contributed by atoms with Crippen LogP contribution in [0.3, 0.4) is 0 Å². The van der Waals surface area contributed by atoms with E-state index in [1.54, 1.807) is 23.6 Å². The average molecular weight is 390 g/mol. The molecule has 0 bridgehead atoms. The molecule has 0 saturated carbocycles. The fourth-order valence-corrected chi connectivity index (χ4v) is 2.96. The first-order valence-electron chi connectivity index (χ1n) is 7.69. The Morgan fingerprint density at radius 1 is 1.19 bits per heavy atom. The third kappa shape index (κ3) is 5.32. The number of hydrogen-bond acceptors (Lipinski definition) is 7. The lowest BCUT2D eigenvalue weighted by molar-refractivity contribution is -0.142. The Kier molecular flexibility index (Phi) is 6.95. The zero-order chi connectivity index (χ0) is 19.8. The first-order chi connectivity index (χ1) is 13.0. The van der Waals surface area contributed by atoms with Gasteiger partial charge in [0.1, 0.15) is 5.00 Å². The van der Waals surface area contributed by atoms with E-state index < -0.39 is 24.4 Å². The summed E-state index contributed by atoms with van der Waals surface area (Å²) in [4.78, 5) is 34.9. The van der Waals surface area contributed by atoms with Crippen molar-refractivity contribution in [2.75, 3.05) is 26.1 Å². The molecule has 8 nitrogen and oxygen atoms in total. The quantitative estimate of drug-likeness (QED) is 0.526. The van der Waals surface area contributed by atoms with Crippen LogP contribution in [0.5, 0.6) is 11.5 Å². The van der Waals surface area contributed by atoms with Gasteiger partial charge < -0.3 is 25.3 Å². The van der Waals surface area contributed by atoms with Crippen LogP contribution in [-0.4, -0.2) is 38.6 Å². The van der Waals surface area contributed by atoms with E-state index in [1.165, 1.54) is 32.4 Å². The lowest BCUT2D eigenvalue weighted by Crippen LogP contribution is -2.21. The third-order valence-electron chi connectivity index (χ3n) is 3.36. The zero-order valence-electron chi connectivity index (χ0n) is 14.7. The molecule has 27 heavy (non-hydrogen) atoms. The highest BCUT2D eigenvalue weighted by atomic mass is 32.1. The van der Waals surface area contributed by atoms with E-state index in [0.29, 0.717) is 22.1 Å². The minimum atomic E-state index is -0.712. The highest BCUT2D eigenvalue weighted by Gasteiger charge is 2.13. The number of amides is 2. The van der Waals surface area contributed by atoms with E-state index >= 15 is 0 Å². The number of carbonyl (C=O) groups excluding carboxylic acids is 3. The van der Waals surface area contributed by atoms with Crippen LogP contribution in [0, 0.1) is 0 Å². The highest BCUT2D eigenvalue weighted by molar-refractivity contribution is 7.14. The number of nitrogens with two attached hydrogens (primary N) is 1. The summed E-state index contributed by atoms with van der Waals surface area (Å²) in [5, 5.41) is 4.40. The SMILES string of the molecule is COc1cccc(/C=C/C(=O)OCC(=O)Nc2sccc2C(N)=O)c1OC. The van der Waals surface area contributed by atoms with Crippen LogP contribution in [0.15, 0.2) is 35.7 Å². The molecule has 0 saturated heterocycles. The number of carbonyl (C=O) groups is 3. The number of anilines is 1. The minimum absolute atomic E-state index is 0.199. The number of ether oxygens (including phenoxy) is 3. The highest BCUT2D eigenvalue weighted by Crippen LogP contribution is 2.31. The maximum absolute atomic E-state index is 11.9. The standard InChI is InChI=1S/C18H18N2O6S/c1-24-13-5-3-4-11(16(13)25-2)6-7-15(22)26-10-14(21)20-18-12(17(19)23)8-9-27-18/h3-9H,10H2,1-2H3,(H2,19,23)(H,20,21)/b7-6+. The molecule has 0 aliphatic heterocycles. The summed E-state index contributed by atoms with van der Waals surface area (Å²) in [6.45, 7) is -0.505. The van der Waals surface area contributed by atoms with Gasteiger partial charge >= 0.3 is 5.97 Å². The molecular formula is C18H18N2O6S. The van der Waals surface area contributed by atoms with E-state index in [0.717, 1.165) is 11.3 Å². The van der Waals surface area contributed by atoms with E-state index in [1.807, 2.05) is 0 Å². The molecule has 0 unspecified atom stereocenters. The summed E-state index contributed by atoms with van der Waals surface area (Å²) in [7, 11) is 3.00. The van der Waals surface area contributed by atoms with Gasteiger partial charge in [-0.1, -0.05) is 12.1 Å². The normalized spacial score (nSPS) is 10.4. The Hall–Kier alpha value is -3.33. The number of esters is 1. The smallest absolute Gasteiger partial charge is 0.331 e. The fourth-order valence-electron chi connectivity index (χ4n) is 2.15. The van der Waals surface area contributed by atoms with Gasteiger partial charge in [0.2, 0.25) is 0 Å². The first-order valence-corrected chi connectivity index (χ1v) is 8.57. The Balaban J connectivity index is 1.92. The van der Waals surface area contributed by atoms with E-state index in [4.69, 9.17) is 19.9 Å². The molecule has 1 aromatic heterocycles. The van der Waals surface area contributed by atoms with Gasteiger partial charge in [-0.15, -0.1) is 11.3 Å². The van der Waals surface area contributed by atoms with Crippen molar-refractivity contribution in [3.05, 3.63) is 46.8 Å². The molecule has 0 radical (unpaired) electrons. The number of primary amides is 1. The maximum Gasteiger partial charge on any atom is 0.331 e. The lowest BCUT2D eigenvalue weighted by atomic mass is 10.1. The Bertz CT molecular complexity index is 874. The van der Waals surface area contributed by atoms with Crippen molar-refractivity contribution < 1.29 is 28.6 Å². The second kappa shape index (κ2) is 9.39. The van der Waals surface area contributed by atoms with Crippen LogP contribution in [0.1, 0.15) is 15.9 Å². The van der Waals surface area contributed by atoms with E-state index in [-0.39, 0.29) is 5.56 Å². The van der Waals surface area contributed by atoms with Gasteiger partial charge in [0.05, 0.1) is 19.8 Å². The summed E-state index contributed by atoms with van der Waals surface area (Å²) < 4.78 is 15.3. The van der Waals surface area contributed by atoms with Crippen molar-refractivity contribution in [3.8, 4) is 11.5 Å². The average Bonchev–Trinajstić information content (AvgIpc) is 3.12. The monoisotopic (exact) mass is 390 g/mol. The molecule has 2 amide bonds. The van der Waals surface area contributed by atoms with Crippen molar-refractivity contribution in [3.63, 3.8) is 0 Å². The van der Waals surface area contributed by atoms with Crippen LogP contribution in [0.2, 0.25) is 0 Å². The third-order valence-corrected chi connectivity index (χ3v) is 4.19. The molecule has 142 valence electrons. The molecule has 1 heterocycles.